The number of halogens is 2. The molecule has 0 radical (unpaired) electrons. The molecule has 2 atom stereocenters. The average Bonchev–Trinajstić information content (AvgIpc) is 3.30. The number of hydrogen-bond acceptors (Lipinski definition) is 7. The minimum atomic E-state index is -0.753. The molecule has 0 N–H and O–H groups in total. The lowest BCUT2D eigenvalue weighted by Gasteiger charge is -2.38. The van der Waals surface area contributed by atoms with Crippen molar-refractivity contribution in [2.45, 2.75) is 50.7 Å². The van der Waals surface area contributed by atoms with Crippen molar-refractivity contribution in [3.8, 4) is 11.8 Å². The predicted molar refractivity (Wildman–Crippen MR) is 111 cm³/mol. The van der Waals surface area contributed by atoms with Crippen molar-refractivity contribution in [3.63, 3.8) is 0 Å². The van der Waals surface area contributed by atoms with E-state index in [0.717, 1.165) is 18.3 Å². The number of nitrogens with zero attached hydrogens (tertiary/aromatic N) is 4. The molecule has 1 aromatic carbocycles. The average molecular weight is 442 g/mol. The number of hydroxylamine groups is 2. The maximum atomic E-state index is 13.7. The number of hydrogen-bond donors (Lipinski definition) is 0. The van der Waals surface area contributed by atoms with Crippen LogP contribution in [0, 0.1) is 29.9 Å². The summed E-state index contributed by atoms with van der Waals surface area (Å²) in [5, 5.41) is 11.1. The number of piperidine rings is 1. The van der Waals surface area contributed by atoms with Crippen LogP contribution in [0.25, 0.3) is 0 Å². The second-order valence-corrected chi connectivity index (χ2v) is 8.47. The van der Waals surface area contributed by atoms with E-state index in [1.165, 1.54) is 12.1 Å². The molecule has 7 nitrogen and oxygen atoms in total. The molecule has 1 spiro atoms. The van der Waals surface area contributed by atoms with E-state index in [1.54, 1.807) is 25.2 Å². The summed E-state index contributed by atoms with van der Waals surface area (Å²) in [6.07, 6.45) is 2.46. The van der Waals surface area contributed by atoms with Gasteiger partial charge in [-0.2, -0.15) is 5.26 Å². The van der Waals surface area contributed by atoms with Crippen molar-refractivity contribution in [3.05, 3.63) is 52.7 Å². The van der Waals surface area contributed by atoms with Crippen LogP contribution in [0.5, 0.6) is 5.75 Å². The van der Waals surface area contributed by atoms with E-state index in [9.17, 15) is 14.0 Å². The summed E-state index contributed by atoms with van der Waals surface area (Å²) < 4.78 is 39.2. The monoisotopic (exact) mass is 442 g/mol. The molecule has 4 heterocycles. The van der Waals surface area contributed by atoms with Gasteiger partial charge in [-0.05, 0) is 37.5 Å². The van der Waals surface area contributed by atoms with E-state index in [2.05, 4.69) is 16.0 Å². The second-order valence-electron chi connectivity index (χ2n) is 8.47. The number of pyridine rings is 1. The van der Waals surface area contributed by atoms with Crippen LogP contribution in [0.15, 0.2) is 24.3 Å². The molecule has 2 aromatic rings. The molecule has 3 fully saturated rings. The van der Waals surface area contributed by atoms with Gasteiger partial charge in [-0.1, -0.05) is 0 Å². The van der Waals surface area contributed by atoms with Crippen molar-refractivity contribution >= 4 is 5.82 Å². The Labute approximate surface area is 185 Å². The minimum Gasteiger partial charge on any atom is -0.495 e. The zero-order valence-electron chi connectivity index (χ0n) is 18.0. The van der Waals surface area contributed by atoms with Crippen LogP contribution in [0.2, 0.25) is 0 Å². The van der Waals surface area contributed by atoms with Crippen LogP contribution in [0.3, 0.4) is 0 Å². The third kappa shape index (κ3) is 3.58. The van der Waals surface area contributed by atoms with Gasteiger partial charge in [0.15, 0.2) is 5.79 Å². The van der Waals surface area contributed by atoms with Gasteiger partial charge in [0.1, 0.15) is 41.1 Å². The van der Waals surface area contributed by atoms with Crippen LogP contribution in [0.4, 0.5) is 14.6 Å². The van der Waals surface area contributed by atoms with E-state index >= 15 is 0 Å². The number of aromatic nitrogens is 1. The molecule has 0 amide bonds. The lowest BCUT2D eigenvalue weighted by atomic mass is 10.0. The molecule has 0 aliphatic carbocycles. The highest BCUT2D eigenvalue weighted by atomic mass is 19.1. The Kier molecular flexibility index (Phi) is 5.24. The Balaban J connectivity index is 1.30. The molecule has 0 saturated carbocycles. The Morgan fingerprint density at radius 3 is 2.53 bits per heavy atom. The van der Waals surface area contributed by atoms with Crippen molar-refractivity contribution < 1.29 is 23.1 Å². The molecule has 32 heavy (non-hydrogen) atoms. The summed E-state index contributed by atoms with van der Waals surface area (Å²) in [7, 11) is 1.54. The SMILES string of the molecule is COc1cc(N2CCC3(CC2)O[C@@H]2CC[C@@H](c4cc(F)cc(F)c4)N2O3)nc(C)c1C#N. The molecule has 1 aromatic heterocycles. The van der Waals surface area contributed by atoms with Crippen LogP contribution in [0.1, 0.15) is 48.5 Å². The van der Waals surface area contributed by atoms with E-state index in [0.29, 0.717) is 54.9 Å². The molecule has 168 valence electrons. The topological polar surface area (TPSA) is 70.8 Å². The fourth-order valence-electron chi connectivity index (χ4n) is 4.90. The molecule has 3 aliphatic rings. The van der Waals surface area contributed by atoms with Gasteiger partial charge in [0.05, 0.1) is 18.8 Å². The third-order valence-corrected chi connectivity index (χ3v) is 6.50. The molecular formula is C23H24F2N4O3. The Bertz CT molecular complexity index is 1060. The van der Waals surface area contributed by atoms with E-state index in [-0.39, 0.29) is 12.3 Å². The summed E-state index contributed by atoms with van der Waals surface area (Å²) in [6, 6.07) is 7.27. The highest BCUT2D eigenvalue weighted by molar-refractivity contribution is 5.54. The van der Waals surface area contributed by atoms with E-state index in [1.807, 2.05) is 0 Å². The zero-order valence-corrected chi connectivity index (χ0v) is 18.0. The summed E-state index contributed by atoms with van der Waals surface area (Å²) >= 11 is 0. The summed E-state index contributed by atoms with van der Waals surface area (Å²) in [5.41, 5.74) is 1.63. The molecule has 0 bridgehead atoms. The quantitative estimate of drug-likeness (QED) is 0.712. The lowest BCUT2D eigenvalue weighted by Crippen LogP contribution is -2.46. The maximum Gasteiger partial charge on any atom is 0.193 e. The minimum absolute atomic E-state index is 0.228. The maximum absolute atomic E-state index is 13.7. The number of anilines is 1. The number of aryl methyl sites for hydroxylation is 1. The molecule has 5 rings (SSSR count). The summed E-state index contributed by atoms with van der Waals surface area (Å²) in [5.74, 6) is -0.675. The van der Waals surface area contributed by atoms with Gasteiger partial charge >= 0.3 is 0 Å². The smallest absolute Gasteiger partial charge is 0.193 e. The number of rotatable bonds is 3. The molecule has 9 heteroatoms. The standard InChI is InChI=1S/C23H24F2N4O3/c1-14-18(13-26)20(30-2)12-21(27-14)28-7-5-23(6-8-28)31-22-4-3-19(29(22)32-23)15-9-16(24)11-17(25)10-15/h9-12,19,22H,3-8H2,1-2H3/t19-,22+/m0/s1. The first-order valence-electron chi connectivity index (χ1n) is 10.7. The highest BCUT2D eigenvalue weighted by Crippen LogP contribution is 2.48. The lowest BCUT2D eigenvalue weighted by molar-refractivity contribution is -0.255. The Hall–Kier alpha value is -2.80. The Morgan fingerprint density at radius 1 is 1.16 bits per heavy atom. The van der Waals surface area contributed by atoms with Gasteiger partial charge < -0.3 is 14.4 Å². The number of fused-ring (bicyclic) bond motifs is 1. The number of benzene rings is 1. The van der Waals surface area contributed by atoms with Gasteiger partial charge in [-0.3, -0.25) is 4.84 Å². The molecule has 3 saturated heterocycles. The number of methoxy groups -OCH3 is 1. The van der Waals surface area contributed by atoms with Crippen LogP contribution in [-0.2, 0) is 9.57 Å². The van der Waals surface area contributed by atoms with Crippen molar-refractivity contribution in [2.24, 2.45) is 0 Å². The van der Waals surface area contributed by atoms with Crippen molar-refractivity contribution in [1.82, 2.24) is 10.0 Å². The first kappa shape index (κ1) is 21.1. The summed E-state index contributed by atoms with van der Waals surface area (Å²) in [4.78, 5) is 13.0. The highest BCUT2D eigenvalue weighted by Gasteiger charge is 2.53. The van der Waals surface area contributed by atoms with Gasteiger partial charge in [-0.25, -0.2) is 13.8 Å². The van der Waals surface area contributed by atoms with Gasteiger partial charge in [0, 0.05) is 38.1 Å². The van der Waals surface area contributed by atoms with Crippen LogP contribution >= 0.6 is 0 Å². The third-order valence-electron chi connectivity index (χ3n) is 6.50. The Morgan fingerprint density at radius 2 is 1.88 bits per heavy atom. The van der Waals surface area contributed by atoms with Crippen LogP contribution < -0.4 is 9.64 Å². The fraction of sp³-hybridized carbons (Fsp3) is 0.478. The van der Waals surface area contributed by atoms with Gasteiger partial charge in [-0.15, -0.1) is 5.06 Å². The molecule has 3 aliphatic heterocycles. The van der Waals surface area contributed by atoms with Crippen molar-refractivity contribution in [1.29, 1.82) is 5.26 Å². The first-order valence-corrected chi connectivity index (χ1v) is 10.7. The summed E-state index contributed by atoms with van der Waals surface area (Å²) in [6.45, 7) is 3.10. The number of nitriles is 1. The first-order chi connectivity index (χ1) is 15.4. The molecular weight excluding hydrogens is 418 g/mol. The second kappa shape index (κ2) is 7.96. The van der Waals surface area contributed by atoms with Crippen LogP contribution in [-0.4, -0.2) is 42.3 Å². The normalized spacial score (nSPS) is 24.5. The molecule has 0 unspecified atom stereocenters. The van der Waals surface area contributed by atoms with E-state index in [4.69, 9.17) is 14.3 Å². The van der Waals surface area contributed by atoms with Gasteiger partial charge in [0.2, 0.25) is 0 Å². The van der Waals surface area contributed by atoms with E-state index < -0.39 is 17.4 Å². The largest absolute Gasteiger partial charge is 0.495 e. The van der Waals surface area contributed by atoms with Gasteiger partial charge in [0.25, 0.3) is 0 Å². The predicted octanol–water partition coefficient (Wildman–Crippen LogP) is 3.97. The number of ether oxygens (including phenoxy) is 2. The van der Waals surface area contributed by atoms with Crippen molar-refractivity contribution in [2.75, 3.05) is 25.1 Å². The zero-order chi connectivity index (χ0) is 22.5. The fourth-order valence-corrected chi connectivity index (χ4v) is 4.90.